The van der Waals surface area contributed by atoms with Crippen molar-refractivity contribution in [1.82, 2.24) is 10.6 Å². The number of carbonyl (C=O) groups excluding carboxylic acids is 2. The number of carbonyl (C=O) groups is 2. The Morgan fingerprint density at radius 2 is 2.25 bits per heavy atom. The van der Waals surface area contributed by atoms with Gasteiger partial charge in [0.1, 0.15) is 0 Å². The van der Waals surface area contributed by atoms with Gasteiger partial charge in [-0.2, -0.15) is 0 Å². The molecule has 0 saturated carbocycles. The van der Waals surface area contributed by atoms with Crippen LogP contribution in [0.2, 0.25) is 0 Å². The molecule has 0 spiro atoms. The molecule has 0 rings (SSSR count). The lowest BCUT2D eigenvalue weighted by Crippen LogP contribution is -2.22. The fourth-order valence-electron chi connectivity index (χ4n) is 0.512. The van der Waals surface area contributed by atoms with Crippen LogP contribution < -0.4 is 10.6 Å². The van der Waals surface area contributed by atoms with Gasteiger partial charge in [-0.15, -0.1) is 0 Å². The van der Waals surface area contributed by atoms with Crippen molar-refractivity contribution in [3.05, 3.63) is 12.3 Å². The van der Waals surface area contributed by atoms with E-state index in [-0.39, 0.29) is 0 Å². The highest BCUT2D eigenvalue weighted by molar-refractivity contribution is 5.94. The van der Waals surface area contributed by atoms with E-state index in [9.17, 15) is 9.59 Å². The monoisotopic (exact) mass is 170 g/mol. The van der Waals surface area contributed by atoms with Crippen LogP contribution in [0.4, 0.5) is 0 Å². The van der Waals surface area contributed by atoms with E-state index in [1.807, 2.05) is 19.2 Å². The van der Waals surface area contributed by atoms with E-state index >= 15 is 0 Å². The average Bonchev–Trinajstić information content (AvgIpc) is 2.04. The maximum atomic E-state index is 10.6. The summed E-state index contributed by atoms with van der Waals surface area (Å²) in [5.74, 6) is -0.416. The van der Waals surface area contributed by atoms with Crippen LogP contribution in [0, 0.1) is 0 Å². The molecule has 1 atom stereocenters. The molecule has 0 saturated heterocycles. The van der Waals surface area contributed by atoms with Crippen molar-refractivity contribution in [3.63, 3.8) is 0 Å². The van der Waals surface area contributed by atoms with Crippen LogP contribution in [0.25, 0.3) is 0 Å². The molecule has 2 amide bonds. The van der Waals surface area contributed by atoms with Crippen molar-refractivity contribution in [2.75, 3.05) is 0 Å². The van der Waals surface area contributed by atoms with Crippen LogP contribution in [0.1, 0.15) is 20.3 Å². The second-order valence-corrected chi connectivity index (χ2v) is 2.44. The van der Waals surface area contributed by atoms with Gasteiger partial charge in [0.15, 0.2) is 0 Å². The second-order valence-electron chi connectivity index (χ2n) is 2.44. The van der Waals surface area contributed by atoms with Crippen LogP contribution in [-0.2, 0) is 9.59 Å². The van der Waals surface area contributed by atoms with Crippen molar-refractivity contribution in [1.29, 1.82) is 0 Å². The van der Waals surface area contributed by atoms with Gasteiger partial charge < -0.3 is 5.32 Å². The van der Waals surface area contributed by atoms with Gasteiger partial charge in [-0.05, 0) is 13.3 Å². The Morgan fingerprint density at radius 1 is 1.58 bits per heavy atom. The van der Waals surface area contributed by atoms with E-state index in [0.29, 0.717) is 12.5 Å². The minimum absolute atomic E-state index is 0.338. The molecule has 0 aromatic rings. The number of hydrogen-bond acceptors (Lipinski definition) is 3. The molecule has 0 heterocycles. The van der Waals surface area contributed by atoms with Crippen molar-refractivity contribution in [2.24, 2.45) is 0 Å². The summed E-state index contributed by atoms with van der Waals surface area (Å²) < 4.78 is 0. The molecule has 4 heteroatoms. The fourth-order valence-corrected chi connectivity index (χ4v) is 0.512. The molecule has 0 radical (unpaired) electrons. The number of nitrogens with one attached hydrogen (secondary N) is 2. The first-order valence-corrected chi connectivity index (χ1v) is 3.87. The van der Waals surface area contributed by atoms with E-state index in [4.69, 9.17) is 0 Å². The maximum absolute atomic E-state index is 10.6. The van der Waals surface area contributed by atoms with Crippen molar-refractivity contribution in [2.45, 2.75) is 26.3 Å². The molecular weight excluding hydrogens is 156 g/mol. The van der Waals surface area contributed by atoms with E-state index in [1.165, 1.54) is 12.3 Å². The molecule has 1 unspecified atom stereocenters. The highest BCUT2D eigenvalue weighted by Crippen LogP contribution is 1.86. The molecule has 68 valence electrons. The summed E-state index contributed by atoms with van der Waals surface area (Å²) in [7, 11) is 0. The van der Waals surface area contributed by atoms with Gasteiger partial charge in [-0.3, -0.25) is 14.9 Å². The Kier molecular flexibility index (Phi) is 5.69. The van der Waals surface area contributed by atoms with Crippen LogP contribution in [0.5, 0.6) is 0 Å². The first-order chi connectivity index (χ1) is 5.70. The normalized spacial score (nSPS) is 12.5. The van der Waals surface area contributed by atoms with Gasteiger partial charge in [0.25, 0.3) is 5.91 Å². The van der Waals surface area contributed by atoms with Crippen molar-refractivity contribution in [3.8, 4) is 0 Å². The van der Waals surface area contributed by atoms with E-state index in [2.05, 4.69) is 5.32 Å². The first kappa shape index (κ1) is 10.7. The van der Waals surface area contributed by atoms with Crippen LogP contribution >= 0.6 is 0 Å². The summed E-state index contributed by atoms with van der Waals surface area (Å²) in [5, 5.41) is 4.96. The molecule has 2 N–H and O–H groups in total. The highest BCUT2D eigenvalue weighted by atomic mass is 16.2. The minimum atomic E-state index is -0.416. The van der Waals surface area contributed by atoms with Gasteiger partial charge in [0, 0.05) is 18.3 Å². The number of amides is 2. The Labute approximate surface area is 72.0 Å². The molecular formula is C8H14N2O2. The summed E-state index contributed by atoms with van der Waals surface area (Å²) in [6, 6.07) is 0.338. The molecule has 0 aromatic heterocycles. The second kappa shape index (κ2) is 6.39. The molecule has 12 heavy (non-hydrogen) atoms. The Morgan fingerprint density at radius 3 is 2.75 bits per heavy atom. The Balaban J connectivity index is 3.60. The van der Waals surface area contributed by atoms with E-state index < -0.39 is 5.91 Å². The first-order valence-electron chi connectivity index (χ1n) is 3.87. The lowest BCUT2D eigenvalue weighted by Gasteiger charge is -2.06. The molecule has 0 aliphatic carbocycles. The van der Waals surface area contributed by atoms with Gasteiger partial charge >= 0.3 is 0 Å². The summed E-state index contributed by atoms with van der Waals surface area (Å²) in [6.45, 7) is 4.04. The van der Waals surface area contributed by atoms with E-state index in [0.717, 1.165) is 6.42 Å². The topological polar surface area (TPSA) is 58.2 Å². The molecule has 0 bridgehead atoms. The maximum Gasteiger partial charge on any atom is 0.251 e. The molecule has 0 aromatic carbocycles. The minimum Gasteiger partial charge on any atom is -0.388 e. The van der Waals surface area contributed by atoms with Crippen LogP contribution in [-0.4, -0.2) is 18.4 Å². The fraction of sp³-hybridized carbons (Fsp3) is 0.500. The molecule has 0 aliphatic rings. The summed E-state index contributed by atoms with van der Waals surface area (Å²) in [4.78, 5) is 20.4. The number of imide groups is 1. The average molecular weight is 170 g/mol. The third-order valence-corrected chi connectivity index (χ3v) is 1.43. The number of hydrogen-bond donors (Lipinski definition) is 2. The zero-order valence-corrected chi connectivity index (χ0v) is 7.33. The van der Waals surface area contributed by atoms with Gasteiger partial charge in [-0.1, -0.05) is 6.92 Å². The van der Waals surface area contributed by atoms with Crippen molar-refractivity contribution >= 4 is 12.3 Å². The molecule has 0 aliphatic heterocycles. The SMILES string of the molecule is CCC(C)N/C=C\C(=O)NC=O. The predicted octanol–water partition coefficient (Wildman–Crippen LogP) is 0.161. The van der Waals surface area contributed by atoms with E-state index in [1.54, 1.807) is 0 Å². The van der Waals surface area contributed by atoms with Gasteiger partial charge in [-0.25, -0.2) is 0 Å². The predicted molar refractivity (Wildman–Crippen MR) is 46.2 cm³/mol. The quantitative estimate of drug-likeness (QED) is 0.456. The lowest BCUT2D eigenvalue weighted by atomic mass is 10.3. The zero-order valence-electron chi connectivity index (χ0n) is 7.33. The third-order valence-electron chi connectivity index (χ3n) is 1.43. The van der Waals surface area contributed by atoms with Crippen LogP contribution in [0.3, 0.4) is 0 Å². The number of rotatable bonds is 5. The standard InChI is InChI=1S/C8H14N2O2/c1-3-7(2)9-5-4-8(12)10-6-11/h4-7,9H,3H2,1-2H3,(H,10,11,12)/b5-4-. The summed E-state index contributed by atoms with van der Waals surface area (Å²) in [6.07, 6.45) is 4.16. The van der Waals surface area contributed by atoms with Gasteiger partial charge in [0.05, 0.1) is 0 Å². The highest BCUT2D eigenvalue weighted by Gasteiger charge is 1.93. The van der Waals surface area contributed by atoms with Gasteiger partial charge in [0.2, 0.25) is 6.41 Å². The summed E-state index contributed by atoms with van der Waals surface area (Å²) in [5.41, 5.74) is 0. The van der Waals surface area contributed by atoms with Crippen LogP contribution in [0.15, 0.2) is 12.3 Å². The Hall–Kier alpha value is -1.32. The Bertz CT molecular complexity index is 178. The molecule has 4 nitrogen and oxygen atoms in total. The smallest absolute Gasteiger partial charge is 0.251 e. The lowest BCUT2D eigenvalue weighted by molar-refractivity contribution is -0.121. The third kappa shape index (κ3) is 5.46. The molecule has 0 fully saturated rings. The summed E-state index contributed by atoms with van der Waals surface area (Å²) >= 11 is 0. The van der Waals surface area contributed by atoms with Crippen molar-refractivity contribution < 1.29 is 9.59 Å². The largest absolute Gasteiger partial charge is 0.388 e. The zero-order chi connectivity index (χ0) is 9.40.